The summed E-state index contributed by atoms with van der Waals surface area (Å²) in [7, 11) is 0. The van der Waals surface area contributed by atoms with E-state index in [1.54, 1.807) is 18.2 Å². The van der Waals surface area contributed by atoms with Crippen molar-refractivity contribution in [1.82, 2.24) is 0 Å². The summed E-state index contributed by atoms with van der Waals surface area (Å²) < 4.78 is 0. The lowest BCUT2D eigenvalue weighted by Gasteiger charge is -2.10. The number of aryl methyl sites for hydroxylation is 3. The van der Waals surface area contributed by atoms with Crippen LogP contribution in [0.1, 0.15) is 44.6 Å². The monoisotopic (exact) mass is 477 g/mol. The standard InChI is InChI=1S/C23H21NO2.C9H10O/c1-17-12-14-20(16-21(17)23(26)19-10-6-3-7-11-19)24-22(25)15-13-18-8-4-2-5-9-18;1-8-2-4-9(5-3-8)6-7-10/h2-12,14,16H,13,15H2,1H3,(H,24,25);2-5,7H,6H2,1H3. The molecule has 0 spiro atoms. The van der Waals surface area contributed by atoms with Gasteiger partial charge in [-0.2, -0.15) is 0 Å². The van der Waals surface area contributed by atoms with Gasteiger partial charge < -0.3 is 10.1 Å². The maximum Gasteiger partial charge on any atom is 0.224 e. The van der Waals surface area contributed by atoms with E-state index < -0.39 is 0 Å². The summed E-state index contributed by atoms with van der Waals surface area (Å²) in [6.07, 6.45) is 2.54. The van der Waals surface area contributed by atoms with E-state index in [1.807, 2.05) is 98.8 Å². The van der Waals surface area contributed by atoms with Gasteiger partial charge in [0.2, 0.25) is 5.91 Å². The molecule has 4 aromatic carbocycles. The molecule has 0 fully saturated rings. The Balaban J connectivity index is 0.000000303. The highest BCUT2D eigenvalue weighted by Crippen LogP contribution is 2.19. The molecule has 4 nitrogen and oxygen atoms in total. The van der Waals surface area contributed by atoms with Crippen LogP contribution < -0.4 is 5.32 Å². The molecular weight excluding hydrogens is 446 g/mol. The molecule has 0 heterocycles. The van der Waals surface area contributed by atoms with E-state index in [9.17, 15) is 14.4 Å². The molecule has 182 valence electrons. The molecular formula is C32H31NO3. The molecule has 0 atom stereocenters. The van der Waals surface area contributed by atoms with Crippen molar-refractivity contribution in [2.45, 2.75) is 33.1 Å². The van der Waals surface area contributed by atoms with E-state index in [0.717, 1.165) is 23.0 Å². The summed E-state index contributed by atoms with van der Waals surface area (Å²) in [5.74, 6) is -0.0979. The maximum absolute atomic E-state index is 12.7. The Morgan fingerprint density at radius 2 is 1.39 bits per heavy atom. The van der Waals surface area contributed by atoms with Crippen LogP contribution in [0.4, 0.5) is 5.69 Å². The Hall–Kier alpha value is -4.31. The molecule has 0 radical (unpaired) electrons. The van der Waals surface area contributed by atoms with Gasteiger partial charge in [0, 0.05) is 29.7 Å². The zero-order valence-electron chi connectivity index (χ0n) is 20.7. The number of rotatable bonds is 8. The molecule has 4 aromatic rings. The van der Waals surface area contributed by atoms with Crippen molar-refractivity contribution in [1.29, 1.82) is 0 Å². The number of carbonyl (C=O) groups is 3. The van der Waals surface area contributed by atoms with Crippen LogP contribution in [-0.4, -0.2) is 18.0 Å². The van der Waals surface area contributed by atoms with Crippen molar-refractivity contribution in [3.8, 4) is 0 Å². The molecule has 1 N–H and O–H groups in total. The number of hydrogen-bond acceptors (Lipinski definition) is 3. The minimum atomic E-state index is -0.0594. The Kier molecular flexibility index (Phi) is 9.89. The second-order valence-electron chi connectivity index (χ2n) is 8.62. The molecule has 36 heavy (non-hydrogen) atoms. The van der Waals surface area contributed by atoms with Crippen LogP contribution in [0.5, 0.6) is 0 Å². The first-order valence-corrected chi connectivity index (χ1v) is 12.0. The highest BCUT2D eigenvalue weighted by atomic mass is 16.1. The lowest BCUT2D eigenvalue weighted by atomic mass is 9.98. The van der Waals surface area contributed by atoms with Crippen molar-refractivity contribution in [2.24, 2.45) is 0 Å². The van der Waals surface area contributed by atoms with Gasteiger partial charge in [0.15, 0.2) is 5.78 Å². The normalized spacial score (nSPS) is 10.1. The number of aldehydes is 1. The van der Waals surface area contributed by atoms with Crippen LogP contribution in [0.25, 0.3) is 0 Å². The summed E-state index contributed by atoms with van der Waals surface area (Å²) in [5.41, 5.74) is 6.23. The average molecular weight is 478 g/mol. The smallest absolute Gasteiger partial charge is 0.224 e. The van der Waals surface area contributed by atoms with Crippen molar-refractivity contribution < 1.29 is 14.4 Å². The molecule has 1 amide bonds. The number of benzene rings is 4. The van der Waals surface area contributed by atoms with Gasteiger partial charge >= 0.3 is 0 Å². The van der Waals surface area contributed by atoms with Crippen molar-refractivity contribution in [3.05, 3.63) is 137 Å². The first-order valence-electron chi connectivity index (χ1n) is 12.0. The van der Waals surface area contributed by atoms with Gasteiger partial charge in [-0.25, -0.2) is 0 Å². The predicted octanol–water partition coefficient (Wildman–Crippen LogP) is 6.53. The first-order chi connectivity index (χ1) is 17.5. The van der Waals surface area contributed by atoms with Crippen molar-refractivity contribution >= 4 is 23.7 Å². The van der Waals surface area contributed by atoms with Gasteiger partial charge in [0.25, 0.3) is 0 Å². The minimum Gasteiger partial charge on any atom is -0.326 e. The van der Waals surface area contributed by atoms with Crippen molar-refractivity contribution in [2.75, 3.05) is 5.32 Å². The van der Waals surface area contributed by atoms with Gasteiger partial charge in [0.1, 0.15) is 6.29 Å². The third kappa shape index (κ3) is 8.17. The molecule has 0 bridgehead atoms. The summed E-state index contributed by atoms with van der Waals surface area (Å²) in [4.78, 5) is 35.0. The number of carbonyl (C=O) groups excluding carboxylic acids is 3. The highest BCUT2D eigenvalue weighted by molar-refractivity contribution is 6.10. The van der Waals surface area contributed by atoms with Crippen LogP contribution in [0, 0.1) is 13.8 Å². The molecule has 0 saturated heterocycles. The Morgan fingerprint density at radius 1 is 0.750 bits per heavy atom. The Bertz CT molecular complexity index is 1280. The van der Waals surface area contributed by atoms with Crippen LogP contribution in [0.3, 0.4) is 0 Å². The van der Waals surface area contributed by atoms with Gasteiger partial charge in [-0.15, -0.1) is 0 Å². The Morgan fingerprint density at radius 3 is 2.03 bits per heavy atom. The van der Waals surface area contributed by atoms with Crippen LogP contribution in [-0.2, 0) is 22.4 Å². The number of amides is 1. The molecule has 0 unspecified atom stereocenters. The predicted molar refractivity (Wildman–Crippen MR) is 145 cm³/mol. The zero-order chi connectivity index (χ0) is 25.8. The van der Waals surface area contributed by atoms with E-state index in [-0.39, 0.29) is 11.7 Å². The van der Waals surface area contributed by atoms with Crippen LogP contribution >= 0.6 is 0 Å². The SMILES string of the molecule is Cc1ccc(CC=O)cc1.Cc1ccc(NC(=O)CCc2ccccc2)cc1C(=O)c1ccccc1. The average Bonchev–Trinajstić information content (AvgIpc) is 2.91. The maximum atomic E-state index is 12.7. The molecule has 0 aromatic heterocycles. The third-order valence-corrected chi connectivity index (χ3v) is 5.73. The van der Waals surface area contributed by atoms with Crippen LogP contribution in [0.15, 0.2) is 103 Å². The third-order valence-electron chi connectivity index (χ3n) is 5.73. The summed E-state index contributed by atoms with van der Waals surface area (Å²) in [6, 6.07) is 32.5. The topological polar surface area (TPSA) is 63.2 Å². The zero-order valence-corrected chi connectivity index (χ0v) is 20.7. The van der Waals surface area contributed by atoms with E-state index in [1.165, 1.54) is 5.56 Å². The second kappa shape index (κ2) is 13.5. The quantitative estimate of drug-likeness (QED) is 0.232. The summed E-state index contributed by atoms with van der Waals surface area (Å²) in [6.45, 7) is 3.93. The molecule has 4 heteroatoms. The molecule has 0 aliphatic rings. The fraction of sp³-hybridized carbons (Fsp3) is 0.156. The molecule has 0 saturated carbocycles. The van der Waals surface area contributed by atoms with Gasteiger partial charge in [-0.3, -0.25) is 9.59 Å². The van der Waals surface area contributed by atoms with Crippen LogP contribution in [0.2, 0.25) is 0 Å². The number of anilines is 1. The fourth-order valence-electron chi connectivity index (χ4n) is 3.64. The van der Waals surface area contributed by atoms with Gasteiger partial charge in [-0.1, -0.05) is 96.6 Å². The molecule has 4 rings (SSSR count). The Labute approximate surface area is 213 Å². The molecule has 0 aliphatic heterocycles. The molecule has 0 aliphatic carbocycles. The highest BCUT2D eigenvalue weighted by Gasteiger charge is 2.13. The fourth-order valence-corrected chi connectivity index (χ4v) is 3.64. The summed E-state index contributed by atoms with van der Waals surface area (Å²) in [5, 5.41) is 2.89. The van der Waals surface area contributed by atoms with Gasteiger partial charge in [-0.05, 0) is 49.1 Å². The van der Waals surface area contributed by atoms with E-state index >= 15 is 0 Å². The lowest BCUT2D eigenvalue weighted by molar-refractivity contribution is -0.116. The van der Waals surface area contributed by atoms with Gasteiger partial charge in [0.05, 0.1) is 0 Å². The number of ketones is 1. The van der Waals surface area contributed by atoms with Crippen molar-refractivity contribution in [3.63, 3.8) is 0 Å². The first kappa shape index (κ1) is 26.3. The number of nitrogens with one attached hydrogen (secondary N) is 1. The summed E-state index contributed by atoms with van der Waals surface area (Å²) >= 11 is 0. The number of hydrogen-bond donors (Lipinski definition) is 1. The van der Waals surface area contributed by atoms with E-state index in [4.69, 9.17) is 0 Å². The largest absolute Gasteiger partial charge is 0.326 e. The van der Waals surface area contributed by atoms with E-state index in [0.29, 0.717) is 36.1 Å². The lowest BCUT2D eigenvalue weighted by Crippen LogP contribution is -2.13. The minimum absolute atomic E-state index is 0.0384. The van der Waals surface area contributed by atoms with E-state index in [2.05, 4.69) is 5.32 Å². The second-order valence-corrected chi connectivity index (χ2v) is 8.62.